The van der Waals surface area contributed by atoms with Gasteiger partial charge >= 0.3 is 0 Å². The van der Waals surface area contributed by atoms with E-state index in [1.165, 1.54) is 6.42 Å². The first-order valence-corrected chi connectivity index (χ1v) is 7.81. The highest BCUT2D eigenvalue weighted by molar-refractivity contribution is 7.80. The van der Waals surface area contributed by atoms with Gasteiger partial charge in [-0.15, -0.1) is 0 Å². The van der Waals surface area contributed by atoms with Crippen LogP contribution in [0.25, 0.3) is 0 Å². The highest BCUT2D eigenvalue weighted by Gasteiger charge is 2.24. The molecule has 2 atom stereocenters. The fourth-order valence-electron chi connectivity index (χ4n) is 2.78. The number of anilines is 1. The van der Waals surface area contributed by atoms with Crippen LogP contribution in [-0.2, 0) is 4.79 Å². The zero-order valence-corrected chi connectivity index (χ0v) is 13.5. The SMILES string of the molecule is CC1CCC(C)N(CC(=O)Nc2ccccc2C(N)=S)C1. The van der Waals surface area contributed by atoms with Crippen molar-refractivity contribution in [3.63, 3.8) is 0 Å². The molecular weight excluding hydrogens is 282 g/mol. The van der Waals surface area contributed by atoms with Crippen LogP contribution in [0, 0.1) is 5.92 Å². The van der Waals surface area contributed by atoms with Crippen LogP contribution in [0.5, 0.6) is 0 Å². The van der Waals surface area contributed by atoms with Gasteiger partial charge in [-0.3, -0.25) is 9.69 Å². The van der Waals surface area contributed by atoms with Crippen LogP contribution in [-0.4, -0.2) is 34.9 Å². The van der Waals surface area contributed by atoms with Crippen molar-refractivity contribution in [2.24, 2.45) is 11.7 Å². The molecule has 1 aromatic rings. The first kappa shape index (κ1) is 15.9. The number of piperidine rings is 1. The predicted molar refractivity (Wildman–Crippen MR) is 90.4 cm³/mol. The van der Waals surface area contributed by atoms with Crippen LogP contribution in [0.2, 0.25) is 0 Å². The molecule has 1 heterocycles. The van der Waals surface area contributed by atoms with Crippen LogP contribution in [0.4, 0.5) is 5.69 Å². The Kier molecular flexibility index (Phi) is 5.31. The molecule has 1 amide bonds. The molecule has 0 saturated carbocycles. The smallest absolute Gasteiger partial charge is 0.238 e. The first-order chi connectivity index (χ1) is 9.97. The summed E-state index contributed by atoms with van der Waals surface area (Å²) < 4.78 is 0. The fourth-order valence-corrected chi connectivity index (χ4v) is 2.96. The molecule has 1 aromatic carbocycles. The highest BCUT2D eigenvalue weighted by atomic mass is 32.1. The molecule has 5 heteroatoms. The lowest BCUT2D eigenvalue weighted by Crippen LogP contribution is -2.45. The Morgan fingerprint density at radius 3 is 2.81 bits per heavy atom. The van der Waals surface area contributed by atoms with Gasteiger partial charge in [0.15, 0.2) is 0 Å². The third-order valence-corrected chi connectivity index (χ3v) is 4.28. The van der Waals surface area contributed by atoms with E-state index in [1.54, 1.807) is 0 Å². The lowest BCUT2D eigenvalue weighted by Gasteiger charge is -2.36. The molecule has 0 radical (unpaired) electrons. The van der Waals surface area contributed by atoms with Gasteiger partial charge in [-0.2, -0.15) is 0 Å². The maximum absolute atomic E-state index is 12.3. The third kappa shape index (κ3) is 4.25. The van der Waals surface area contributed by atoms with Gasteiger partial charge in [0, 0.05) is 18.2 Å². The number of nitrogens with two attached hydrogens (primary N) is 1. The lowest BCUT2D eigenvalue weighted by molar-refractivity contribution is -0.118. The minimum atomic E-state index is -0.0142. The summed E-state index contributed by atoms with van der Waals surface area (Å²) >= 11 is 5.01. The van der Waals surface area contributed by atoms with Gasteiger partial charge < -0.3 is 11.1 Å². The lowest BCUT2D eigenvalue weighted by atomic mass is 9.95. The Bertz CT molecular complexity index is 532. The summed E-state index contributed by atoms with van der Waals surface area (Å²) in [4.78, 5) is 14.8. The van der Waals surface area contributed by atoms with E-state index in [-0.39, 0.29) is 5.91 Å². The normalized spacial score (nSPS) is 22.8. The summed E-state index contributed by atoms with van der Waals surface area (Å²) in [5.41, 5.74) is 7.08. The maximum Gasteiger partial charge on any atom is 0.238 e. The van der Waals surface area contributed by atoms with E-state index in [9.17, 15) is 4.79 Å². The number of rotatable bonds is 4. The Morgan fingerprint density at radius 1 is 1.38 bits per heavy atom. The number of hydrogen-bond donors (Lipinski definition) is 2. The second-order valence-corrected chi connectivity index (χ2v) is 6.36. The minimum absolute atomic E-state index is 0.0142. The number of carbonyl (C=O) groups is 1. The van der Waals surface area contributed by atoms with Crippen LogP contribution in [0.15, 0.2) is 24.3 Å². The topological polar surface area (TPSA) is 58.4 Å². The molecular formula is C16H23N3OS. The summed E-state index contributed by atoms with van der Waals surface area (Å²) in [5, 5.41) is 2.93. The number of benzene rings is 1. The molecule has 1 saturated heterocycles. The van der Waals surface area contributed by atoms with E-state index in [0.29, 0.717) is 34.7 Å². The van der Waals surface area contributed by atoms with Gasteiger partial charge in [-0.1, -0.05) is 31.3 Å². The largest absolute Gasteiger partial charge is 0.389 e. The second-order valence-electron chi connectivity index (χ2n) is 5.92. The number of hydrogen-bond acceptors (Lipinski definition) is 3. The van der Waals surface area contributed by atoms with E-state index in [4.69, 9.17) is 18.0 Å². The second kappa shape index (κ2) is 7.00. The van der Waals surface area contributed by atoms with Crippen molar-refractivity contribution in [2.45, 2.75) is 32.7 Å². The molecule has 0 aliphatic carbocycles. The van der Waals surface area contributed by atoms with E-state index < -0.39 is 0 Å². The van der Waals surface area contributed by atoms with E-state index in [0.717, 1.165) is 13.0 Å². The monoisotopic (exact) mass is 305 g/mol. The van der Waals surface area contributed by atoms with Crippen molar-refractivity contribution in [1.29, 1.82) is 0 Å². The van der Waals surface area contributed by atoms with Gasteiger partial charge in [0.2, 0.25) is 5.91 Å². The molecule has 2 rings (SSSR count). The molecule has 1 aliphatic heterocycles. The van der Waals surface area contributed by atoms with Crippen LogP contribution in [0.1, 0.15) is 32.3 Å². The summed E-state index contributed by atoms with van der Waals surface area (Å²) in [6, 6.07) is 7.83. The van der Waals surface area contributed by atoms with Crippen molar-refractivity contribution in [1.82, 2.24) is 4.90 Å². The molecule has 1 aliphatic rings. The highest BCUT2D eigenvalue weighted by Crippen LogP contribution is 2.21. The molecule has 4 nitrogen and oxygen atoms in total. The number of carbonyl (C=O) groups excluding carboxylic acids is 1. The van der Waals surface area contributed by atoms with Gasteiger partial charge in [0.05, 0.1) is 12.2 Å². The van der Waals surface area contributed by atoms with Crippen LogP contribution < -0.4 is 11.1 Å². The average molecular weight is 305 g/mol. The van der Waals surface area contributed by atoms with Crippen molar-refractivity contribution in [3.05, 3.63) is 29.8 Å². The standard InChI is InChI=1S/C16H23N3OS/c1-11-7-8-12(2)19(9-11)10-15(20)18-14-6-4-3-5-13(14)16(17)21/h3-6,11-12H,7-10H2,1-2H3,(H2,17,21)(H,18,20). The van der Waals surface area contributed by atoms with Gasteiger partial charge in [-0.05, 0) is 37.8 Å². The molecule has 21 heavy (non-hydrogen) atoms. The van der Waals surface area contributed by atoms with E-state index >= 15 is 0 Å². The third-order valence-electron chi connectivity index (χ3n) is 4.06. The summed E-state index contributed by atoms with van der Waals surface area (Å²) in [6.45, 7) is 5.81. The molecule has 2 unspecified atom stereocenters. The minimum Gasteiger partial charge on any atom is -0.389 e. The first-order valence-electron chi connectivity index (χ1n) is 7.40. The summed E-state index contributed by atoms with van der Waals surface area (Å²) in [6.07, 6.45) is 2.39. The van der Waals surface area contributed by atoms with Gasteiger partial charge in [0.1, 0.15) is 4.99 Å². The van der Waals surface area contributed by atoms with Crippen LogP contribution >= 0.6 is 12.2 Å². The van der Waals surface area contributed by atoms with Crippen LogP contribution in [0.3, 0.4) is 0 Å². The molecule has 0 aromatic heterocycles. The van der Waals surface area contributed by atoms with Crippen molar-refractivity contribution in [2.75, 3.05) is 18.4 Å². The van der Waals surface area contributed by atoms with E-state index in [1.807, 2.05) is 24.3 Å². The number of nitrogens with zero attached hydrogens (tertiary/aromatic N) is 1. The number of likely N-dealkylation sites (tertiary alicyclic amines) is 1. The predicted octanol–water partition coefficient (Wildman–Crippen LogP) is 2.38. The summed E-state index contributed by atoms with van der Waals surface area (Å²) in [5.74, 6) is 0.637. The Balaban J connectivity index is 2.00. The molecule has 0 bridgehead atoms. The quantitative estimate of drug-likeness (QED) is 0.839. The van der Waals surface area contributed by atoms with Gasteiger partial charge in [0.25, 0.3) is 0 Å². The number of para-hydroxylation sites is 1. The van der Waals surface area contributed by atoms with Gasteiger partial charge in [-0.25, -0.2) is 0 Å². The maximum atomic E-state index is 12.3. The molecule has 0 spiro atoms. The number of amides is 1. The molecule has 1 fully saturated rings. The van der Waals surface area contributed by atoms with Crippen molar-refractivity contribution in [3.8, 4) is 0 Å². The van der Waals surface area contributed by atoms with Crippen molar-refractivity contribution < 1.29 is 4.79 Å². The summed E-state index contributed by atoms with van der Waals surface area (Å²) in [7, 11) is 0. The van der Waals surface area contributed by atoms with Crippen molar-refractivity contribution >= 4 is 28.8 Å². The molecule has 3 N–H and O–H groups in total. The Labute approximate surface area is 131 Å². The fraction of sp³-hybridized carbons (Fsp3) is 0.500. The number of nitrogens with one attached hydrogen (secondary N) is 1. The molecule has 114 valence electrons. The van der Waals surface area contributed by atoms with E-state index in [2.05, 4.69) is 24.1 Å². The Morgan fingerprint density at radius 2 is 2.10 bits per heavy atom. The Hall–Kier alpha value is -1.46. The zero-order valence-electron chi connectivity index (χ0n) is 12.6. The number of thiocarbonyl (C=S) groups is 1. The zero-order chi connectivity index (χ0) is 15.4. The average Bonchev–Trinajstić information content (AvgIpc) is 2.43.